The molecule has 0 radical (unpaired) electrons. The Morgan fingerprint density at radius 3 is 3.04 bits per heavy atom. The predicted octanol–water partition coefficient (Wildman–Crippen LogP) is 1.43. The highest BCUT2D eigenvalue weighted by Crippen LogP contribution is 2.21. The lowest BCUT2D eigenvalue weighted by Crippen LogP contribution is -2.39. The third kappa shape index (κ3) is 3.68. The van der Waals surface area contributed by atoms with Crippen molar-refractivity contribution in [1.82, 2.24) is 24.6 Å². The van der Waals surface area contributed by atoms with Crippen LogP contribution >= 0.6 is 0 Å². The van der Waals surface area contributed by atoms with Gasteiger partial charge < -0.3 is 9.72 Å². The molecule has 2 aromatic rings. The highest BCUT2D eigenvalue weighted by atomic mass is 16.5. The van der Waals surface area contributed by atoms with E-state index >= 15 is 0 Å². The van der Waals surface area contributed by atoms with Crippen LogP contribution in [0, 0.1) is 6.92 Å². The molecule has 1 N–H and O–H groups in total. The van der Waals surface area contributed by atoms with Gasteiger partial charge in [0.1, 0.15) is 11.9 Å². The Morgan fingerprint density at radius 2 is 2.30 bits per heavy atom. The monoisotopic (exact) mass is 317 g/mol. The SMILES string of the molecule is Cc1nc([C@@H]2CN(Cc3ccnn3C(C)C)CCO2)cc(=O)[nH]1. The van der Waals surface area contributed by atoms with Gasteiger partial charge in [0.15, 0.2) is 0 Å². The number of morpholine rings is 1. The van der Waals surface area contributed by atoms with Gasteiger partial charge in [-0.2, -0.15) is 5.10 Å². The van der Waals surface area contributed by atoms with Crippen LogP contribution in [0.1, 0.15) is 43.2 Å². The van der Waals surface area contributed by atoms with Gasteiger partial charge in [0.2, 0.25) is 0 Å². The third-order valence-corrected chi connectivity index (χ3v) is 3.99. The molecule has 1 atom stereocenters. The number of H-pyrrole nitrogens is 1. The molecule has 0 unspecified atom stereocenters. The molecular weight excluding hydrogens is 294 g/mol. The summed E-state index contributed by atoms with van der Waals surface area (Å²) in [4.78, 5) is 21.0. The van der Waals surface area contributed by atoms with Crippen LogP contribution in [0.3, 0.4) is 0 Å². The maximum absolute atomic E-state index is 11.6. The number of nitrogens with one attached hydrogen (secondary N) is 1. The molecule has 1 aliphatic rings. The zero-order valence-corrected chi connectivity index (χ0v) is 13.8. The number of aromatic amines is 1. The number of aryl methyl sites for hydroxylation is 1. The Hall–Kier alpha value is -1.99. The van der Waals surface area contributed by atoms with E-state index in [9.17, 15) is 4.79 Å². The highest BCUT2D eigenvalue weighted by Gasteiger charge is 2.24. The lowest BCUT2D eigenvalue weighted by atomic mass is 10.2. The normalized spacial score (nSPS) is 19.4. The smallest absolute Gasteiger partial charge is 0.251 e. The molecule has 124 valence electrons. The molecular formula is C16H23N5O2. The van der Waals surface area contributed by atoms with E-state index in [1.54, 1.807) is 6.92 Å². The fourth-order valence-electron chi connectivity index (χ4n) is 2.95. The summed E-state index contributed by atoms with van der Waals surface area (Å²) in [5.41, 5.74) is 1.76. The molecule has 3 rings (SSSR count). The molecule has 23 heavy (non-hydrogen) atoms. The molecule has 1 fully saturated rings. The van der Waals surface area contributed by atoms with Crippen LogP contribution in [0.25, 0.3) is 0 Å². The van der Waals surface area contributed by atoms with Crippen LogP contribution in [0.5, 0.6) is 0 Å². The van der Waals surface area contributed by atoms with Gasteiger partial charge in [-0.1, -0.05) is 0 Å². The molecule has 7 nitrogen and oxygen atoms in total. The minimum atomic E-state index is -0.167. The summed E-state index contributed by atoms with van der Waals surface area (Å²) in [7, 11) is 0. The summed E-state index contributed by atoms with van der Waals surface area (Å²) in [6.07, 6.45) is 1.68. The van der Waals surface area contributed by atoms with E-state index < -0.39 is 0 Å². The first kappa shape index (κ1) is 15.9. The summed E-state index contributed by atoms with van der Waals surface area (Å²) in [6.45, 7) is 9.07. The van der Waals surface area contributed by atoms with E-state index in [4.69, 9.17) is 4.74 Å². The molecule has 0 amide bonds. The molecule has 0 saturated carbocycles. The molecule has 2 aromatic heterocycles. The number of hydrogen-bond acceptors (Lipinski definition) is 5. The Morgan fingerprint density at radius 1 is 1.48 bits per heavy atom. The average molecular weight is 317 g/mol. The Kier molecular flexibility index (Phi) is 4.58. The molecule has 7 heteroatoms. The number of hydrogen-bond donors (Lipinski definition) is 1. The maximum Gasteiger partial charge on any atom is 0.251 e. The van der Waals surface area contributed by atoms with Crippen LogP contribution in [-0.2, 0) is 11.3 Å². The van der Waals surface area contributed by atoms with Crippen molar-refractivity contribution in [1.29, 1.82) is 0 Å². The van der Waals surface area contributed by atoms with Gasteiger partial charge in [-0.3, -0.25) is 14.4 Å². The molecule has 0 aliphatic carbocycles. The number of ether oxygens (including phenoxy) is 1. The third-order valence-electron chi connectivity index (χ3n) is 3.99. The zero-order valence-electron chi connectivity index (χ0n) is 13.8. The van der Waals surface area contributed by atoms with Crippen LogP contribution in [-0.4, -0.2) is 44.3 Å². The Labute approximate surface area is 135 Å². The van der Waals surface area contributed by atoms with Crippen molar-refractivity contribution in [3.8, 4) is 0 Å². The topological polar surface area (TPSA) is 76.0 Å². The van der Waals surface area contributed by atoms with Gasteiger partial charge in [-0.05, 0) is 26.8 Å². The second kappa shape index (κ2) is 6.64. The molecule has 0 bridgehead atoms. The lowest BCUT2D eigenvalue weighted by molar-refractivity contribution is -0.0359. The first-order valence-electron chi connectivity index (χ1n) is 7.97. The van der Waals surface area contributed by atoms with Crippen LogP contribution in [0.15, 0.2) is 23.1 Å². The molecule has 3 heterocycles. The summed E-state index contributed by atoms with van der Waals surface area (Å²) in [5, 5.41) is 4.38. The van der Waals surface area contributed by atoms with Crippen molar-refractivity contribution in [3.05, 3.63) is 45.9 Å². The second-order valence-corrected chi connectivity index (χ2v) is 6.21. The van der Waals surface area contributed by atoms with E-state index in [0.29, 0.717) is 24.2 Å². The van der Waals surface area contributed by atoms with Crippen molar-refractivity contribution in [2.75, 3.05) is 19.7 Å². The van der Waals surface area contributed by atoms with E-state index in [1.807, 2.05) is 10.9 Å². The van der Waals surface area contributed by atoms with Gasteiger partial charge in [0.05, 0.1) is 18.0 Å². The van der Waals surface area contributed by atoms with Gasteiger partial charge in [-0.25, -0.2) is 4.98 Å². The second-order valence-electron chi connectivity index (χ2n) is 6.21. The van der Waals surface area contributed by atoms with Crippen LogP contribution in [0.4, 0.5) is 0 Å². The van der Waals surface area contributed by atoms with Crippen LogP contribution in [0.2, 0.25) is 0 Å². The van der Waals surface area contributed by atoms with Gasteiger partial charge >= 0.3 is 0 Å². The van der Waals surface area contributed by atoms with E-state index in [-0.39, 0.29) is 11.7 Å². The van der Waals surface area contributed by atoms with Gasteiger partial charge in [0.25, 0.3) is 5.56 Å². The number of nitrogens with zero attached hydrogens (tertiary/aromatic N) is 4. The molecule has 1 saturated heterocycles. The summed E-state index contributed by atoms with van der Waals surface area (Å²) in [5.74, 6) is 0.617. The zero-order chi connectivity index (χ0) is 16.4. The first-order chi connectivity index (χ1) is 11.0. The maximum atomic E-state index is 11.6. The summed E-state index contributed by atoms with van der Waals surface area (Å²) < 4.78 is 7.86. The van der Waals surface area contributed by atoms with Crippen molar-refractivity contribution in [2.24, 2.45) is 0 Å². The number of rotatable bonds is 4. The fourth-order valence-corrected chi connectivity index (χ4v) is 2.95. The van der Waals surface area contributed by atoms with Crippen molar-refractivity contribution < 1.29 is 4.74 Å². The quantitative estimate of drug-likeness (QED) is 0.923. The van der Waals surface area contributed by atoms with E-state index in [2.05, 4.69) is 39.9 Å². The van der Waals surface area contributed by atoms with Gasteiger partial charge in [0, 0.05) is 37.9 Å². The molecule has 1 aliphatic heterocycles. The first-order valence-corrected chi connectivity index (χ1v) is 7.97. The number of aromatic nitrogens is 4. The van der Waals surface area contributed by atoms with E-state index in [0.717, 1.165) is 19.6 Å². The van der Waals surface area contributed by atoms with Crippen molar-refractivity contribution >= 4 is 0 Å². The predicted molar refractivity (Wildman–Crippen MR) is 86.2 cm³/mol. The summed E-state index contributed by atoms with van der Waals surface area (Å²) in [6, 6.07) is 3.92. The van der Waals surface area contributed by atoms with Crippen molar-refractivity contribution in [2.45, 2.75) is 39.5 Å². The van der Waals surface area contributed by atoms with Crippen LogP contribution < -0.4 is 5.56 Å². The average Bonchev–Trinajstić information content (AvgIpc) is 2.95. The Balaban J connectivity index is 1.73. The van der Waals surface area contributed by atoms with E-state index in [1.165, 1.54) is 11.8 Å². The minimum absolute atomic E-state index is 0.133. The minimum Gasteiger partial charge on any atom is -0.369 e. The standard InChI is InChI=1S/C16H23N5O2/c1-11(2)21-13(4-5-17-21)9-20-6-7-23-15(10-20)14-8-16(22)19-12(3)18-14/h4-5,8,11,15H,6-7,9-10H2,1-3H3,(H,18,19,22)/t15-/m0/s1. The largest absolute Gasteiger partial charge is 0.369 e. The fraction of sp³-hybridized carbons (Fsp3) is 0.562. The Bertz CT molecular complexity index is 721. The van der Waals surface area contributed by atoms with Crippen molar-refractivity contribution in [3.63, 3.8) is 0 Å². The van der Waals surface area contributed by atoms with Gasteiger partial charge in [-0.15, -0.1) is 0 Å². The molecule has 0 aromatic carbocycles. The summed E-state index contributed by atoms with van der Waals surface area (Å²) >= 11 is 0. The highest BCUT2D eigenvalue weighted by molar-refractivity contribution is 5.08. The lowest BCUT2D eigenvalue weighted by Gasteiger charge is -2.32. The molecule has 0 spiro atoms.